The van der Waals surface area contributed by atoms with Crippen LogP contribution in [0.5, 0.6) is 0 Å². The highest BCUT2D eigenvalue weighted by molar-refractivity contribution is 7.15. The van der Waals surface area contributed by atoms with Crippen LogP contribution in [0, 0.1) is 5.92 Å². The molecule has 0 unspecified atom stereocenters. The molecule has 6 nitrogen and oxygen atoms in total. The van der Waals surface area contributed by atoms with E-state index in [0.717, 1.165) is 48.4 Å². The minimum absolute atomic E-state index is 0.0387. The predicted octanol–water partition coefficient (Wildman–Crippen LogP) is 3.95. The predicted molar refractivity (Wildman–Crippen MR) is 131 cm³/mol. The largest absolute Gasteiger partial charge is 0.352 e. The van der Waals surface area contributed by atoms with Gasteiger partial charge >= 0.3 is 0 Å². The molecule has 0 aliphatic carbocycles. The number of thiazole rings is 1. The molecule has 33 heavy (non-hydrogen) atoms. The van der Waals surface area contributed by atoms with Crippen molar-refractivity contribution in [1.29, 1.82) is 0 Å². The molecule has 1 saturated heterocycles. The van der Waals surface area contributed by atoms with E-state index in [-0.39, 0.29) is 17.4 Å². The summed E-state index contributed by atoms with van der Waals surface area (Å²) in [6.07, 6.45) is 1.64. The van der Waals surface area contributed by atoms with E-state index in [9.17, 15) is 9.59 Å². The molecule has 1 fully saturated rings. The Labute approximate surface area is 196 Å². The number of rotatable bonds is 6. The minimum Gasteiger partial charge on any atom is -0.352 e. The van der Waals surface area contributed by atoms with Crippen LogP contribution >= 0.6 is 11.3 Å². The molecule has 1 N–H and O–H groups in total. The maximum atomic E-state index is 12.9. The SMILES string of the molecule is O=C(NCc1ccccc1)C1CCN(Cc2cc(=O)n3c(-c4ccccc4)csc3n2)CC1. The van der Waals surface area contributed by atoms with Gasteiger partial charge in [-0.2, -0.15) is 0 Å². The lowest BCUT2D eigenvalue weighted by Crippen LogP contribution is -2.40. The van der Waals surface area contributed by atoms with E-state index >= 15 is 0 Å². The van der Waals surface area contributed by atoms with Gasteiger partial charge in [-0.05, 0) is 37.1 Å². The van der Waals surface area contributed by atoms with E-state index in [0.29, 0.717) is 18.1 Å². The minimum atomic E-state index is -0.0507. The molecular weight excluding hydrogens is 432 g/mol. The molecule has 0 radical (unpaired) electrons. The first-order chi connectivity index (χ1) is 16.2. The number of nitrogens with zero attached hydrogens (tertiary/aromatic N) is 3. The standard InChI is InChI=1S/C26H26N4O2S/c31-24-15-22(28-26-30(24)23(18-33-26)20-9-5-2-6-10-20)17-29-13-11-21(12-14-29)25(32)27-16-19-7-3-1-4-8-19/h1-10,15,18,21H,11-14,16-17H2,(H,27,32). The van der Waals surface area contributed by atoms with Crippen LogP contribution in [0.25, 0.3) is 16.2 Å². The third-order valence-electron chi connectivity index (χ3n) is 6.18. The third kappa shape index (κ3) is 4.89. The highest BCUT2D eigenvalue weighted by atomic mass is 32.1. The Morgan fingerprint density at radius 2 is 1.73 bits per heavy atom. The van der Waals surface area contributed by atoms with Crippen LogP contribution in [0.4, 0.5) is 0 Å². The maximum Gasteiger partial charge on any atom is 0.259 e. The molecule has 1 amide bonds. The summed E-state index contributed by atoms with van der Waals surface area (Å²) in [7, 11) is 0. The average molecular weight is 459 g/mol. The van der Waals surface area contributed by atoms with Gasteiger partial charge in [0.05, 0.1) is 11.4 Å². The van der Waals surface area contributed by atoms with E-state index in [4.69, 9.17) is 4.98 Å². The van der Waals surface area contributed by atoms with Crippen molar-refractivity contribution in [1.82, 2.24) is 19.6 Å². The second-order valence-electron chi connectivity index (χ2n) is 8.44. The number of benzene rings is 2. The summed E-state index contributed by atoms with van der Waals surface area (Å²) < 4.78 is 1.69. The molecule has 5 rings (SSSR count). The molecular formula is C26H26N4O2S. The van der Waals surface area contributed by atoms with Crippen LogP contribution in [0.1, 0.15) is 24.1 Å². The lowest BCUT2D eigenvalue weighted by molar-refractivity contribution is -0.126. The summed E-state index contributed by atoms with van der Waals surface area (Å²) in [6, 6.07) is 21.5. The van der Waals surface area contributed by atoms with Crippen molar-refractivity contribution in [2.75, 3.05) is 13.1 Å². The molecule has 0 bridgehead atoms. The first-order valence-electron chi connectivity index (χ1n) is 11.3. The summed E-state index contributed by atoms with van der Waals surface area (Å²) in [5.74, 6) is 0.167. The number of likely N-dealkylation sites (tertiary alicyclic amines) is 1. The summed E-state index contributed by atoms with van der Waals surface area (Å²) in [5.41, 5.74) is 3.73. The van der Waals surface area contributed by atoms with Crippen molar-refractivity contribution in [3.63, 3.8) is 0 Å². The number of piperidine rings is 1. The maximum absolute atomic E-state index is 12.9. The molecule has 168 valence electrons. The highest BCUT2D eigenvalue weighted by Crippen LogP contribution is 2.24. The zero-order valence-corrected chi connectivity index (χ0v) is 19.1. The van der Waals surface area contributed by atoms with Crippen LogP contribution in [0.3, 0.4) is 0 Å². The number of fused-ring (bicyclic) bond motifs is 1. The molecule has 2 aromatic carbocycles. The van der Waals surface area contributed by atoms with Gasteiger partial charge in [0, 0.05) is 30.5 Å². The number of aromatic nitrogens is 2. The Morgan fingerprint density at radius 3 is 2.45 bits per heavy atom. The zero-order valence-electron chi connectivity index (χ0n) is 18.3. The molecule has 7 heteroatoms. The zero-order chi connectivity index (χ0) is 22.6. The topological polar surface area (TPSA) is 66.7 Å². The van der Waals surface area contributed by atoms with E-state index < -0.39 is 0 Å². The lowest BCUT2D eigenvalue weighted by atomic mass is 9.95. The van der Waals surface area contributed by atoms with Crippen LogP contribution in [0.15, 0.2) is 76.9 Å². The van der Waals surface area contributed by atoms with Crippen LogP contribution in [-0.4, -0.2) is 33.3 Å². The Kier molecular flexibility index (Phi) is 6.32. The van der Waals surface area contributed by atoms with Gasteiger partial charge in [-0.1, -0.05) is 60.7 Å². The van der Waals surface area contributed by atoms with E-state index in [1.807, 2.05) is 66.0 Å². The first-order valence-corrected chi connectivity index (χ1v) is 12.1. The van der Waals surface area contributed by atoms with E-state index in [2.05, 4.69) is 10.2 Å². The number of carbonyl (C=O) groups excluding carboxylic acids is 1. The summed E-state index contributed by atoms with van der Waals surface area (Å²) in [6.45, 7) is 2.84. The van der Waals surface area contributed by atoms with Gasteiger partial charge in [0.2, 0.25) is 5.91 Å². The van der Waals surface area contributed by atoms with E-state index in [1.165, 1.54) is 11.3 Å². The van der Waals surface area contributed by atoms with E-state index in [1.54, 1.807) is 10.5 Å². The number of hydrogen-bond acceptors (Lipinski definition) is 5. The number of carbonyl (C=O) groups is 1. The quantitative estimate of drug-likeness (QED) is 0.475. The monoisotopic (exact) mass is 458 g/mol. The van der Waals surface area contributed by atoms with Gasteiger partial charge in [0.15, 0.2) is 4.96 Å². The highest BCUT2D eigenvalue weighted by Gasteiger charge is 2.25. The van der Waals surface area contributed by atoms with Crippen molar-refractivity contribution in [2.45, 2.75) is 25.9 Å². The van der Waals surface area contributed by atoms with Crippen molar-refractivity contribution in [2.24, 2.45) is 5.92 Å². The molecule has 3 heterocycles. The Hall–Kier alpha value is -3.29. The van der Waals surface area contributed by atoms with Crippen molar-refractivity contribution in [3.05, 3.63) is 93.7 Å². The van der Waals surface area contributed by atoms with Gasteiger partial charge in [-0.15, -0.1) is 11.3 Å². The summed E-state index contributed by atoms with van der Waals surface area (Å²) >= 11 is 1.49. The van der Waals surface area contributed by atoms with Crippen LogP contribution in [-0.2, 0) is 17.9 Å². The first kappa shape index (κ1) is 21.6. The fourth-order valence-electron chi connectivity index (χ4n) is 4.37. The smallest absolute Gasteiger partial charge is 0.259 e. The third-order valence-corrected chi connectivity index (χ3v) is 7.01. The molecule has 2 aromatic heterocycles. The van der Waals surface area contributed by atoms with Gasteiger partial charge in [-0.3, -0.25) is 18.9 Å². The second-order valence-corrected chi connectivity index (χ2v) is 9.28. The normalized spacial score (nSPS) is 15.0. The van der Waals surface area contributed by atoms with Gasteiger partial charge < -0.3 is 5.32 Å². The van der Waals surface area contributed by atoms with Crippen LogP contribution in [0.2, 0.25) is 0 Å². The average Bonchev–Trinajstić information content (AvgIpc) is 3.29. The van der Waals surface area contributed by atoms with Gasteiger partial charge in [0.1, 0.15) is 0 Å². The number of hydrogen-bond donors (Lipinski definition) is 1. The van der Waals surface area contributed by atoms with Crippen LogP contribution < -0.4 is 10.9 Å². The Morgan fingerprint density at radius 1 is 1.03 bits per heavy atom. The summed E-state index contributed by atoms with van der Waals surface area (Å²) in [4.78, 5) is 33.2. The van der Waals surface area contributed by atoms with Gasteiger partial charge in [0.25, 0.3) is 5.56 Å². The fourth-order valence-corrected chi connectivity index (χ4v) is 5.29. The second kappa shape index (κ2) is 9.68. The van der Waals surface area contributed by atoms with Crippen molar-refractivity contribution in [3.8, 4) is 11.3 Å². The lowest BCUT2D eigenvalue weighted by Gasteiger charge is -2.31. The molecule has 0 atom stereocenters. The fraction of sp³-hybridized carbons (Fsp3) is 0.269. The molecule has 4 aromatic rings. The number of nitrogens with one attached hydrogen (secondary N) is 1. The molecule has 0 saturated carbocycles. The molecule has 1 aliphatic heterocycles. The molecule has 0 spiro atoms. The molecule has 1 aliphatic rings. The van der Waals surface area contributed by atoms with Crippen molar-refractivity contribution >= 4 is 22.2 Å². The van der Waals surface area contributed by atoms with Crippen molar-refractivity contribution < 1.29 is 4.79 Å². The Balaban J connectivity index is 1.20. The summed E-state index contributed by atoms with van der Waals surface area (Å²) in [5, 5.41) is 5.05. The number of amides is 1. The Bertz CT molecular complexity index is 1290. The van der Waals surface area contributed by atoms with Gasteiger partial charge in [-0.25, -0.2) is 4.98 Å².